The van der Waals surface area contributed by atoms with Crippen molar-refractivity contribution in [2.24, 2.45) is 0 Å². The number of fused-ring (bicyclic) bond motifs is 1. The number of anilines is 1. The summed E-state index contributed by atoms with van der Waals surface area (Å²) in [4.78, 5) is 8.37. The molecule has 0 spiro atoms. The maximum Gasteiger partial charge on any atom is 0.453 e. The Morgan fingerprint density at radius 2 is 1.64 bits per heavy atom. The molecule has 0 aliphatic carbocycles. The number of halogens is 3. The van der Waals surface area contributed by atoms with E-state index in [-0.39, 0.29) is 5.65 Å². The summed E-state index contributed by atoms with van der Waals surface area (Å²) in [7, 11) is 0. The molecule has 0 amide bonds. The van der Waals surface area contributed by atoms with Gasteiger partial charge in [-0.05, 0) is 31.5 Å². The van der Waals surface area contributed by atoms with Crippen LogP contribution in [0.2, 0.25) is 0 Å². The van der Waals surface area contributed by atoms with Crippen LogP contribution in [0.25, 0.3) is 5.65 Å². The number of aryl methyl sites for hydroxylation is 1. The largest absolute Gasteiger partial charge is 0.453 e. The molecule has 1 aliphatic rings. The SMILES string of the molecule is Cc1c(N2CCN(Cc3ccncc3)CC2)nn2c(C(F)(F)F)nnc2c1C. The molecule has 28 heavy (non-hydrogen) atoms. The summed E-state index contributed by atoms with van der Waals surface area (Å²) >= 11 is 0. The lowest BCUT2D eigenvalue weighted by Gasteiger charge is -2.36. The molecule has 3 aromatic heterocycles. The Morgan fingerprint density at radius 3 is 2.29 bits per heavy atom. The topological polar surface area (TPSA) is 62.5 Å². The van der Waals surface area contributed by atoms with Crippen LogP contribution in [-0.2, 0) is 12.7 Å². The van der Waals surface area contributed by atoms with Gasteiger partial charge in [0.25, 0.3) is 5.82 Å². The number of hydrogen-bond acceptors (Lipinski definition) is 6. The molecule has 7 nitrogen and oxygen atoms in total. The van der Waals surface area contributed by atoms with Crippen molar-refractivity contribution < 1.29 is 13.2 Å². The van der Waals surface area contributed by atoms with Gasteiger partial charge in [0.15, 0.2) is 11.5 Å². The highest BCUT2D eigenvalue weighted by molar-refractivity contribution is 5.59. The summed E-state index contributed by atoms with van der Waals surface area (Å²) in [6.07, 6.45) is -1.06. The predicted molar refractivity (Wildman–Crippen MR) is 97.0 cm³/mol. The van der Waals surface area contributed by atoms with Gasteiger partial charge in [0.05, 0.1) is 0 Å². The Labute approximate surface area is 159 Å². The van der Waals surface area contributed by atoms with E-state index in [4.69, 9.17) is 0 Å². The maximum atomic E-state index is 13.2. The monoisotopic (exact) mass is 391 g/mol. The lowest BCUT2D eigenvalue weighted by molar-refractivity contribution is -0.146. The summed E-state index contributed by atoms with van der Waals surface area (Å²) in [6.45, 7) is 7.42. The van der Waals surface area contributed by atoms with Crippen molar-refractivity contribution in [3.63, 3.8) is 0 Å². The zero-order chi connectivity index (χ0) is 19.9. The van der Waals surface area contributed by atoms with Crippen molar-refractivity contribution in [3.05, 3.63) is 47.0 Å². The summed E-state index contributed by atoms with van der Waals surface area (Å²) < 4.78 is 40.5. The molecule has 0 atom stereocenters. The number of piperazine rings is 1. The fraction of sp³-hybridized carbons (Fsp3) is 0.444. The number of aromatic nitrogens is 5. The van der Waals surface area contributed by atoms with Crippen LogP contribution in [-0.4, -0.2) is 55.9 Å². The normalized spacial score (nSPS) is 16.1. The summed E-state index contributed by atoms with van der Waals surface area (Å²) in [5.74, 6) is -0.540. The van der Waals surface area contributed by atoms with E-state index in [2.05, 4.69) is 25.2 Å². The van der Waals surface area contributed by atoms with E-state index < -0.39 is 12.0 Å². The Morgan fingerprint density at radius 1 is 0.964 bits per heavy atom. The van der Waals surface area contributed by atoms with E-state index in [1.54, 1.807) is 19.3 Å². The van der Waals surface area contributed by atoms with Gasteiger partial charge in [-0.3, -0.25) is 9.88 Å². The van der Waals surface area contributed by atoms with Crippen molar-refractivity contribution in [3.8, 4) is 0 Å². The highest BCUT2D eigenvalue weighted by atomic mass is 19.4. The van der Waals surface area contributed by atoms with Gasteiger partial charge in [0.2, 0.25) is 0 Å². The van der Waals surface area contributed by atoms with E-state index in [9.17, 15) is 13.2 Å². The zero-order valence-electron chi connectivity index (χ0n) is 15.6. The molecular formula is C18H20F3N7. The first-order chi connectivity index (χ1) is 13.3. The van der Waals surface area contributed by atoms with Gasteiger partial charge in [-0.25, -0.2) is 0 Å². The predicted octanol–water partition coefficient (Wildman–Crippen LogP) is 2.48. The number of rotatable bonds is 3. The molecule has 0 radical (unpaired) electrons. The second-order valence-corrected chi connectivity index (χ2v) is 6.95. The summed E-state index contributed by atoms with van der Waals surface area (Å²) in [5.41, 5.74) is 2.82. The molecular weight excluding hydrogens is 371 g/mol. The van der Waals surface area contributed by atoms with E-state index >= 15 is 0 Å². The van der Waals surface area contributed by atoms with Crippen molar-refractivity contribution in [2.45, 2.75) is 26.6 Å². The van der Waals surface area contributed by atoms with Crippen LogP contribution in [0, 0.1) is 13.8 Å². The fourth-order valence-electron chi connectivity index (χ4n) is 3.45. The smallest absolute Gasteiger partial charge is 0.352 e. The van der Waals surface area contributed by atoms with Gasteiger partial charge in [-0.15, -0.1) is 15.3 Å². The van der Waals surface area contributed by atoms with Crippen LogP contribution in [0.5, 0.6) is 0 Å². The third-order valence-electron chi connectivity index (χ3n) is 5.15. The zero-order valence-corrected chi connectivity index (χ0v) is 15.6. The molecule has 0 N–H and O–H groups in total. The molecule has 3 aromatic rings. The summed E-state index contributed by atoms with van der Waals surface area (Å²) in [6, 6.07) is 3.97. The number of nitrogens with zero attached hydrogens (tertiary/aromatic N) is 7. The van der Waals surface area contributed by atoms with Gasteiger partial charge >= 0.3 is 6.18 Å². The molecule has 0 unspecified atom stereocenters. The standard InChI is InChI=1S/C18H20F3N7/c1-12-13(2)16(25-28-15(12)23-24-17(28)18(19,20)21)27-9-7-26(8-10-27)11-14-3-5-22-6-4-14/h3-6H,7-11H2,1-2H3. The quantitative estimate of drug-likeness (QED) is 0.684. The minimum Gasteiger partial charge on any atom is -0.352 e. The van der Waals surface area contributed by atoms with E-state index in [0.717, 1.165) is 29.7 Å². The maximum absolute atomic E-state index is 13.2. The first kappa shape index (κ1) is 18.6. The van der Waals surface area contributed by atoms with E-state index in [1.165, 1.54) is 5.56 Å². The molecule has 0 saturated carbocycles. The lowest BCUT2D eigenvalue weighted by atomic mass is 10.1. The molecule has 0 bridgehead atoms. The fourth-order valence-corrected chi connectivity index (χ4v) is 3.45. The molecule has 148 valence electrons. The van der Waals surface area contributed by atoms with Crippen LogP contribution < -0.4 is 4.90 Å². The second kappa shape index (κ2) is 7.01. The lowest BCUT2D eigenvalue weighted by Crippen LogP contribution is -2.46. The van der Waals surface area contributed by atoms with Crippen LogP contribution in [0.3, 0.4) is 0 Å². The first-order valence-electron chi connectivity index (χ1n) is 9.00. The van der Waals surface area contributed by atoms with Gasteiger partial charge in [-0.1, -0.05) is 0 Å². The van der Waals surface area contributed by atoms with Gasteiger partial charge < -0.3 is 4.90 Å². The van der Waals surface area contributed by atoms with Crippen LogP contribution >= 0.6 is 0 Å². The minimum absolute atomic E-state index is 0.143. The minimum atomic E-state index is -4.60. The summed E-state index contributed by atoms with van der Waals surface area (Å²) in [5, 5.41) is 11.3. The molecule has 1 saturated heterocycles. The number of pyridine rings is 1. The van der Waals surface area contributed by atoms with E-state index in [1.807, 2.05) is 24.0 Å². The van der Waals surface area contributed by atoms with E-state index in [0.29, 0.717) is 24.5 Å². The third kappa shape index (κ3) is 3.39. The van der Waals surface area contributed by atoms with Crippen molar-refractivity contribution in [1.29, 1.82) is 0 Å². The third-order valence-corrected chi connectivity index (χ3v) is 5.15. The number of hydrogen-bond donors (Lipinski definition) is 0. The Hall–Kier alpha value is -2.75. The molecule has 10 heteroatoms. The molecule has 1 fully saturated rings. The molecule has 4 rings (SSSR count). The Bertz CT molecular complexity index is 976. The highest BCUT2D eigenvalue weighted by Gasteiger charge is 2.38. The van der Waals surface area contributed by atoms with Gasteiger partial charge in [0, 0.05) is 56.2 Å². The average Bonchev–Trinajstić information content (AvgIpc) is 3.11. The van der Waals surface area contributed by atoms with Crippen molar-refractivity contribution >= 4 is 11.5 Å². The second-order valence-electron chi connectivity index (χ2n) is 6.95. The Balaban J connectivity index is 1.57. The Kier molecular flexibility index (Phi) is 4.66. The number of alkyl halides is 3. The van der Waals surface area contributed by atoms with Crippen LogP contribution in [0.4, 0.5) is 19.0 Å². The van der Waals surface area contributed by atoms with Crippen molar-refractivity contribution in [1.82, 2.24) is 29.7 Å². The average molecular weight is 391 g/mol. The van der Waals surface area contributed by atoms with Gasteiger partial charge in [-0.2, -0.15) is 17.7 Å². The first-order valence-corrected chi connectivity index (χ1v) is 9.00. The van der Waals surface area contributed by atoms with Crippen LogP contribution in [0.15, 0.2) is 24.5 Å². The van der Waals surface area contributed by atoms with Crippen molar-refractivity contribution in [2.75, 3.05) is 31.1 Å². The highest BCUT2D eigenvalue weighted by Crippen LogP contribution is 2.30. The van der Waals surface area contributed by atoms with Gasteiger partial charge in [0.1, 0.15) is 0 Å². The molecule has 0 aromatic carbocycles. The molecule has 4 heterocycles. The van der Waals surface area contributed by atoms with Crippen LogP contribution in [0.1, 0.15) is 22.5 Å². The molecule has 1 aliphatic heterocycles.